The van der Waals surface area contributed by atoms with Crippen LogP contribution in [-0.4, -0.2) is 36.1 Å². The largest absolute Gasteiger partial charge is 0.454 e. The van der Waals surface area contributed by atoms with Crippen LogP contribution in [-0.2, 0) is 4.79 Å². The molecule has 1 saturated heterocycles. The summed E-state index contributed by atoms with van der Waals surface area (Å²) in [5.41, 5.74) is 0.963. The highest BCUT2D eigenvalue weighted by Gasteiger charge is 2.35. The molecule has 0 saturated carbocycles. The van der Waals surface area contributed by atoms with Crippen LogP contribution < -0.4 is 14.8 Å². The number of nitrogens with one attached hydrogen (secondary N) is 1. The number of hydrogen-bond acceptors (Lipinski definition) is 4. The summed E-state index contributed by atoms with van der Waals surface area (Å²) in [6, 6.07) is 9.31. The van der Waals surface area contributed by atoms with E-state index in [-0.39, 0.29) is 18.6 Å². The Hall–Kier alpha value is -2.44. The molecule has 0 spiro atoms. The quantitative estimate of drug-likeness (QED) is 0.837. The molecule has 0 unspecified atom stereocenters. The Labute approximate surface area is 165 Å². The molecule has 140 valence electrons. The van der Waals surface area contributed by atoms with Crippen LogP contribution in [0.1, 0.15) is 23.2 Å². The number of anilines is 1. The van der Waals surface area contributed by atoms with Gasteiger partial charge in [0.25, 0.3) is 5.91 Å². The van der Waals surface area contributed by atoms with Crippen LogP contribution in [0.5, 0.6) is 11.5 Å². The maximum atomic E-state index is 12.9. The van der Waals surface area contributed by atoms with Gasteiger partial charge >= 0.3 is 0 Å². The van der Waals surface area contributed by atoms with Crippen molar-refractivity contribution in [3.63, 3.8) is 0 Å². The third-order valence-electron chi connectivity index (χ3n) is 4.57. The van der Waals surface area contributed by atoms with Gasteiger partial charge in [-0.25, -0.2) is 0 Å². The van der Waals surface area contributed by atoms with Gasteiger partial charge in [0.1, 0.15) is 6.04 Å². The summed E-state index contributed by atoms with van der Waals surface area (Å²) in [6.07, 6.45) is 1.34. The molecule has 0 aromatic heterocycles. The first kappa shape index (κ1) is 17.9. The fraction of sp³-hybridized carbons (Fsp3) is 0.263. The van der Waals surface area contributed by atoms with Crippen molar-refractivity contribution >= 4 is 40.7 Å². The van der Waals surface area contributed by atoms with Crippen LogP contribution in [0.15, 0.2) is 36.4 Å². The lowest BCUT2D eigenvalue weighted by Gasteiger charge is -2.24. The second-order valence-corrected chi connectivity index (χ2v) is 7.24. The van der Waals surface area contributed by atoms with Gasteiger partial charge in [0.05, 0.1) is 0 Å². The summed E-state index contributed by atoms with van der Waals surface area (Å²) < 4.78 is 10.6. The maximum Gasteiger partial charge on any atom is 0.254 e. The average Bonchev–Trinajstić information content (AvgIpc) is 3.29. The van der Waals surface area contributed by atoms with Crippen LogP contribution in [0.4, 0.5) is 5.69 Å². The summed E-state index contributed by atoms with van der Waals surface area (Å²) in [5, 5.41) is 3.61. The van der Waals surface area contributed by atoms with Crippen molar-refractivity contribution in [3.8, 4) is 11.5 Å². The van der Waals surface area contributed by atoms with E-state index in [2.05, 4.69) is 5.32 Å². The molecule has 4 rings (SSSR count). The molecule has 27 heavy (non-hydrogen) atoms. The summed E-state index contributed by atoms with van der Waals surface area (Å²) in [4.78, 5) is 27.2. The van der Waals surface area contributed by atoms with Gasteiger partial charge in [0.2, 0.25) is 12.7 Å². The third-order valence-corrected chi connectivity index (χ3v) is 5.00. The van der Waals surface area contributed by atoms with Crippen molar-refractivity contribution in [3.05, 3.63) is 52.0 Å². The first-order valence-corrected chi connectivity index (χ1v) is 9.24. The molecule has 1 fully saturated rings. The zero-order valence-electron chi connectivity index (χ0n) is 14.2. The van der Waals surface area contributed by atoms with Crippen LogP contribution in [0.25, 0.3) is 0 Å². The highest BCUT2D eigenvalue weighted by molar-refractivity contribution is 6.35. The lowest BCUT2D eigenvalue weighted by molar-refractivity contribution is -0.119. The average molecular weight is 407 g/mol. The molecule has 0 radical (unpaired) electrons. The number of nitrogens with zero attached hydrogens (tertiary/aromatic N) is 1. The van der Waals surface area contributed by atoms with Gasteiger partial charge in [-0.3, -0.25) is 9.59 Å². The number of halogens is 2. The van der Waals surface area contributed by atoms with Crippen molar-refractivity contribution in [2.24, 2.45) is 0 Å². The number of hydrogen-bond donors (Lipinski definition) is 1. The van der Waals surface area contributed by atoms with Gasteiger partial charge in [0, 0.05) is 33.9 Å². The number of rotatable bonds is 3. The number of amides is 2. The van der Waals surface area contributed by atoms with Gasteiger partial charge in [-0.15, -0.1) is 0 Å². The van der Waals surface area contributed by atoms with E-state index in [0.29, 0.717) is 45.8 Å². The lowest BCUT2D eigenvalue weighted by atomic mass is 10.1. The first-order valence-electron chi connectivity index (χ1n) is 8.49. The molecule has 1 atom stereocenters. The van der Waals surface area contributed by atoms with Gasteiger partial charge < -0.3 is 19.7 Å². The minimum Gasteiger partial charge on any atom is -0.454 e. The highest BCUT2D eigenvalue weighted by atomic mass is 35.5. The summed E-state index contributed by atoms with van der Waals surface area (Å²) in [5.74, 6) is 0.722. The normalized spacial score (nSPS) is 17.9. The number of ether oxygens (including phenoxy) is 2. The molecule has 0 bridgehead atoms. The van der Waals surface area contributed by atoms with Crippen molar-refractivity contribution in [1.29, 1.82) is 0 Å². The zero-order chi connectivity index (χ0) is 19.0. The molecule has 2 aliphatic rings. The van der Waals surface area contributed by atoms with E-state index < -0.39 is 6.04 Å². The zero-order valence-corrected chi connectivity index (χ0v) is 15.7. The van der Waals surface area contributed by atoms with Crippen LogP contribution in [0.2, 0.25) is 10.0 Å². The van der Waals surface area contributed by atoms with Gasteiger partial charge in [-0.2, -0.15) is 0 Å². The summed E-state index contributed by atoms with van der Waals surface area (Å²) in [7, 11) is 0. The van der Waals surface area contributed by atoms with Crippen molar-refractivity contribution < 1.29 is 19.1 Å². The number of fused-ring (bicyclic) bond motifs is 1. The monoisotopic (exact) mass is 406 g/mol. The number of likely N-dealkylation sites (tertiary alicyclic amines) is 1. The Balaban J connectivity index is 1.50. The lowest BCUT2D eigenvalue weighted by Crippen LogP contribution is -2.43. The van der Waals surface area contributed by atoms with Crippen molar-refractivity contribution in [2.75, 3.05) is 18.7 Å². The molecule has 6 nitrogen and oxygen atoms in total. The standard InChI is InChI=1S/C19H16Cl2N2O4/c20-12-6-11(7-13(21)8-12)19(25)23-5-1-2-15(23)18(24)22-14-3-4-16-17(9-14)27-10-26-16/h3-4,6-9,15H,1-2,5,10H2,(H,22,24)/t15-/m1/s1. The smallest absolute Gasteiger partial charge is 0.254 e. The van der Waals surface area contributed by atoms with Crippen molar-refractivity contribution in [1.82, 2.24) is 4.90 Å². The topological polar surface area (TPSA) is 67.9 Å². The maximum absolute atomic E-state index is 12.9. The predicted molar refractivity (Wildman–Crippen MR) is 102 cm³/mol. The Kier molecular flexibility index (Phi) is 4.85. The molecule has 0 aliphatic carbocycles. The van der Waals surface area contributed by atoms with E-state index in [4.69, 9.17) is 32.7 Å². The number of carbonyl (C=O) groups excluding carboxylic acids is 2. The second-order valence-electron chi connectivity index (χ2n) is 6.37. The minimum atomic E-state index is -0.555. The highest BCUT2D eigenvalue weighted by Crippen LogP contribution is 2.34. The Morgan fingerprint density at radius 1 is 1.04 bits per heavy atom. The number of benzene rings is 2. The molecular weight excluding hydrogens is 391 g/mol. The summed E-state index contributed by atoms with van der Waals surface area (Å²) >= 11 is 12.0. The molecule has 1 N–H and O–H groups in total. The molecule has 8 heteroatoms. The van der Waals surface area contributed by atoms with Crippen LogP contribution >= 0.6 is 23.2 Å². The third kappa shape index (κ3) is 3.68. The van der Waals surface area contributed by atoms with Crippen molar-refractivity contribution in [2.45, 2.75) is 18.9 Å². The molecule has 2 amide bonds. The van der Waals surface area contributed by atoms with E-state index in [1.54, 1.807) is 41.3 Å². The van der Waals surface area contributed by atoms with E-state index in [1.807, 2.05) is 0 Å². The van der Waals surface area contributed by atoms with Gasteiger partial charge in [-0.1, -0.05) is 23.2 Å². The van der Waals surface area contributed by atoms with E-state index in [1.165, 1.54) is 0 Å². The van der Waals surface area contributed by atoms with Crippen LogP contribution in [0, 0.1) is 0 Å². The molecular formula is C19H16Cl2N2O4. The molecule has 2 aromatic carbocycles. The Bertz CT molecular complexity index is 898. The molecule has 2 aromatic rings. The fourth-order valence-electron chi connectivity index (χ4n) is 3.33. The van der Waals surface area contributed by atoms with Crippen LogP contribution in [0.3, 0.4) is 0 Å². The molecule has 2 aliphatic heterocycles. The predicted octanol–water partition coefficient (Wildman–Crippen LogP) is 3.97. The fourth-order valence-corrected chi connectivity index (χ4v) is 3.85. The summed E-state index contributed by atoms with van der Waals surface area (Å²) in [6.45, 7) is 0.669. The van der Waals surface area contributed by atoms with Gasteiger partial charge in [-0.05, 0) is 43.2 Å². The SMILES string of the molecule is O=C(Nc1ccc2c(c1)OCO2)[C@H]1CCCN1C(=O)c1cc(Cl)cc(Cl)c1. The first-order chi connectivity index (χ1) is 13.0. The number of carbonyl (C=O) groups is 2. The Morgan fingerprint density at radius 2 is 1.78 bits per heavy atom. The minimum absolute atomic E-state index is 0.167. The van der Waals surface area contributed by atoms with E-state index in [0.717, 1.165) is 6.42 Å². The molecule has 2 heterocycles. The van der Waals surface area contributed by atoms with Gasteiger partial charge in [0.15, 0.2) is 11.5 Å². The van der Waals surface area contributed by atoms with E-state index >= 15 is 0 Å². The Morgan fingerprint density at radius 3 is 2.56 bits per heavy atom. The second kappa shape index (κ2) is 7.29. The van der Waals surface area contributed by atoms with E-state index in [9.17, 15) is 9.59 Å².